The topological polar surface area (TPSA) is 110 Å². The summed E-state index contributed by atoms with van der Waals surface area (Å²) in [6.45, 7) is 5.67. The average molecular weight is 482 g/mol. The first kappa shape index (κ1) is 26.2. The quantitative estimate of drug-likeness (QED) is 0.326. The zero-order chi connectivity index (χ0) is 24.6. The molecular weight excluding hydrogens is 445 g/mol. The van der Waals surface area contributed by atoms with Gasteiger partial charge in [-0.25, -0.2) is 9.78 Å². The SMILES string of the molecule is CCC(CC)(NC(=O)c1ccc(N2CCCC2)c(OCC2(CO)COC2)n1)C(=O)OCCCF. The first-order chi connectivity index (χ1) is 16.4. The van der Waals surface area contributed by atoms with Gasteiger partial charge in [0.2, 0.25) is 5.88 Å². The number of anilines is 1. The molecule has 0 spiro atoms. The predicted octanol–water partition coefficient (Wildman–Crippen LogP) is 2.26. The summed E-state index contributed by atoms with van der Waals surface area (Å²) in [5, 5.41) is 12.5. The molecule has 0 unspecified atom stereocenters. The maximum Gasteiger partial charge on any atom is 0.331 e. The number of carbonyl (C=O) groups excluding carboxylic acids is 2. The molecule has 3 rings (SSSR count). The Morgan fingerprint density at radius 2 is 1.97 bits per heavy atom. The fraction of sp³-hybridized carbons (Fsp3) is 0.708. The van der Waals surface area contributed by atoms with E-state index < -0.39 is 29.5 Å². The number of nitrogens with one attached hydrogen (secondary N) is 1. The van der Waals surface area contributed by atoms with E-state index in [0.29, 0.717) is 31.9 Å². The Labute approximate surface area is 200 Å². The summed E-state index contributed by atoms with van der Waals surface area (Å²) < 4.78 is 28.9. The molecule has 34 heavy (non-hydrogen) atoms. The number of hydrogen-bond donors (Lipinski definition) is 2. The summed E-state index contributed by atoms with van der Waals surface area (Å²) >= 11 is 0. The maximum atomic E-state index is 13.2. The minimum atomic E-state index is -1.23. The minimum absolute atomic E-state index is 0.0377. The normalized spacial score (nSPS) is 17.2. The van der Waals surface area contributed by atoms with Crippen LogP contribution in [0.3, 0.4) is 0 Å². The van der Waals surface area contributed by atoms with Crippen LogP contribution >= 0.6 is 0 Å². The maximum absolute atomic E-state index is 13.2. The molecule has 2 aliphatic rings. The first-order valence-electron chi connectivity index (χ1n) is 12.1. The van der Waals surface area contributed by atoms with E-state index in [0.717, 1.165) is 31.6 Å². The number of rotatable bonds is 13. The fourth-order valence-electron chi connectivity index (χ4n) is 4.10. The highest BCUT2D eigenvalue weighted by Crippen LogP contribution is 2.33. The van der Waals surface area contributed by atoms with E-state index in [1.807, 2.05) is 6.07 Å². The third-order valence-corrected chi connectivity index (χ3v) is 6.65. The number of hydrogen-bond acceptors (Lipinski definition) is 8. The number of aliphatic hydroxyl groups is 1. The molecule has 2 saturated heterocycles. The number of ether oxygens (including phenoxy) is 3. The Balaban J connectivity index is 1.80. The van der Waals surface area contributed by atoms with Crippen LogP contribution in [-0.4, -0.2) is 80.3 Å². The smallest absolute Gasteiger partial charge is 0.331 e. The van der Waals surface area contributed by atoms with Crippen molar-refractivity contribution in [3.63, 3.8) is 0 Å². The largest absolute Gasteiger partial charge is 0.475 e. The number of amides is 1. The lowest BCUT2D eigenvalue weighted by molar-refractivity contribution is -0.153. The van der Waals surface area contributed by atoms with Crippen molar-refractivity contribution in [3.05, 3.63) is 17.8 Å². The molecule has 0 aliphatic carbocycles. The van der Waals surface area contributed by atoms with Crippen LogP contribution in [0.5, 0.6) is 5.88 Å². The highest BCUT2D eigenvalue weighted by Gasteiger charge is 2.40. The predicted molar refractivity (Wildman–Crippen MR) is 124 cm³/mol. The Hall–Kier alpha value is -2.46. The first-order valence-corrected chi connectivity index (χ1v) is 12.1. The van der Waals surface area contributed by atoms with Crippen molar-refractivity contribution in [1.29, 1.82) is 0 Å². The van der Waals surface area contributed by atoms with E-state index in [1.165, 1.54) is 0 Å². The van der Waals surface area contributed by atoms with Crippen LogP contribution < -0.4 is 15.0 Å². The van der Waals surface area contributed by atoms with Crippen molar-refractivity contribution in [3.8, 4) is 5.88 Å². The highest BCUT2D eigenvalue weighted by atomic mass is 19.1. The van der Waals surface area contributed by atoms with E-state index in [4.69, 9.17) is 14.2 Å². The van der Waals surface area contributed by atoms with E-state index in [2.05, 4.69) is 15.2 Å². The number of esters is 1. The molecule has 0 aromatic carbocycles. The van der Waals surface area contributed by atoms with E-state index >= 15 is 0 Å². The molecule has 1 amide bonds. The summed E-state index contributed by atoms with van der Waals surface area (Å²) in [5.41, 5.74) is -0.784. The molecular formula is C24H36FN3O6. The molecule has 0 radical (unpaired) electrons. The highest BCUT2D eigenvalue weighted by molar-refractivity contribution is 5.97. The van der Waals surface area contributed by atoms with Crippen LogP contribution in [0.25, 0.3) is 0 Å². The van der Waals surface area contributed by atoms with Crippen molar-refractivity contribution in [2.45, 2.75) is 51.5 Å². The van der Waals surface area contributed by atoms with Crippen LogP contribution in [0.2, 0.25) is 0 Å². The molecule has 9 nitrogen and oxygen atoms in total. The number of pyridine rings is 1. The van der Waals surface area contributed by atoms with Crippen molar-refractivity contribution < 1.29 is 33.3 Å². The molecule has 1 aromatic heterocycles. The lowest BCUT2D eigenvalue weighted by Gasteiger charge is -2.39. The summed E-state index contributed by atoms with van der Waals surface area (Å²) in [6.07, 6.45) is 2.88. The van der Waals surface area contributed by atoms with Crippen LogP contribution in [0.15, 0.2) is 12.1 Å². The molecule has 190 valence electrons. The van der Waals surface area contributed by atoms with Crippen molar-refractivity contribution in [1.82, 2.24) is 10.3 Å². The van der Waals surface area contributed by atoms with Gasteiger partial charge in [-0.15, -0.1) is 0 Å². The number of halogens is 1. The van der Waals surface area contributed by atoms with Gasteiger partial charge in [0.15, 0.2) is 0 Å². The van der Waals surface area contributed by atoms with Gasteiger partial charge in [-0.3, -0.25) is 9.18 Å². The number of nitrogens with zero attached hydrogens (tertiary/aromatic N) is 2. The fourth-order valence-corrected chi connectivity index (χ4v) is 4.10. The van der Waals surface area contributed by atoms with Crippen LogP contribution in [0.4, 0.5) is 10.1 Å². The standard InChI is InChI=1S/C24H36FN3O6/c1-3-24(4-2,22(31)33-13-7-10-25)27-20(30)18-8-9-19(28-11-5-6-12-28)21(26-18)34-17-23(14-29)15-32-16-23/h8-9,29H,3-7,10-17H2,1-2H3,(H,27,30). The van der Waals surface area contributed by atoms with Gasteiger partial charge >= 0.3 is 5.97 Å². The van der Waals surface area contributed by atoms with Gasteiger partial charge in [-0.2, -0.15) is 0 Å². The van der Waals surface area contributed by atoms with Crippen molar-refractivity contribution in [2.24, 2.45) is 5.41 Å². The van der Waals surface area contributed by atoms with Crippen LogP contribution in [0.1, 0.15) is 56.4 Å². The molecule has 0 bridgehead atoms. The molecule has 3 heterocycles. The summed E-state index contributed by atoms with van der Waals surface area (Å²) in [6, 6.07) is 3.43. The lowest BCUT2D eigenvalue weighted by Crippen LogP contribution is -2.54. The second kappa shape index (κ2) is 11.8. The molecule has 2 N–H and O–H groups in total. The van der Waals surface area contributed by atoms with E-state index in [-0.39, 0.29) is 31.9 Å². The minimum Gasteiger partial charge on any atom is -0.475 e. The number of carbonyl (C=O) groups is 2. The van der Waals surface area contributed by atoms with E-state index in [1.54, 1.807) is 19.9 Å². The van der Waals surface area contributed by atoms with Gasteiger partial charge in [0.25, 0.3) is 5.91 Å². The van der Waals surface area contributed by atoms with Gasteiger partial charge in [0.05, 0.1) is 44.2 Å². The Bertz CT molecular complexity index is 832. The molecule has 10 heteroatoms. The Kier molecular flexibility index (Phi) is 9.07. The number of alkyl halides is 1. The zero-order valence-electron chi connectivity index (χ0n) is 20.1. The average Bonchev–Trinajstić information content (AvgIpc) is 3.37. The molecule has 0 saturated carbocycles. The van der Waals surface area contributed by atoms with Gasteiger partial charge in [-0.05, 0) is 37.8 Å². The molecule has 2 aliphatic heterocycles. The van der Waals surface area contributed by atoms with E-state index in [9.17, 15) is 19.1 Å². The third kappa shape index (κ3) is 5.78. The summed E-state index contributed by atoms with van der Waals surface area (Å²) in [7, 11) is 0. The second-order valence-electron chi connectivity index (χ2n) is 9.08. The van der Waals surface area contributed by atoms with Crippen molar-refractivity contribution >= 4 is 17.6 Å². The van der Waals surface area contributed by atoms with Crippen LogP contribution in [-0.2, 0) is 14.3 Å². The van der Waals surface area contributed by atoms with Gasteiger partial charge < -0.3 is 29.5 Å². The summed E-state index contributed by atoms with van der Waals surface area (Å²) in [5.74, 6) is -0.787. The second-order valence-corrected chi connectivity index (χ2v) is 9.08. The van der Waals surface area contributed by atoms with Crippen LogP contribution in [0, 0.1) is 5.41 Å². The lowest BCUT2D eigenvalue weighted by atomic mass is 9.88. The number of aromatic nitrogens is 1. The monoisotopic (exact) mass is 481 g/mol. The molecule has 0 atom stereocenters. The summed E-state index contributed by atoms with van der Waals surface area (Å²) in [4.78, 5) is 32.5. The third-order valence-electron chi connectivity index (χ3n) is 6.65. The molecule has 2 fully saturated rings. The number of aliphatic hydroxyl groups excluding tert-OH is 1. The van der Waals surface area contributed by atoms with Gasteiger partial charge in [0.1, 0.15) is 17.8 Å². The molecule has 1 aromatic rings. The Morgan fingerprint density at radius 1 is 1.26 bits per heavy atom. The van der Waals surface area contributed by atoms with Crippen molar-refractivity contribution in [2.75, 3.05) is 57.7 Å². The zero-order valence-corrected chi connectivity index (χ0v) is 20.1. The van der Waals surface area contributed by atoms with Gasteiger partial charge in [0, 0.05) is 19.5 Å². The van der Waals surface area contributed by atoms with Gasteiger partial charge in [-0.1, -0.05) is 13.8 Å². The Morgan fingerprint density at radius 3 is 2.53 bits per heavy atom.